The Hall–Kier alpha value is -4.92. The Morgan fingerprint density at radius 3 is 2.14 bits per heavy atom. The largest absolute Gasteiger partial charge is 0.497 e. The molecule has 5 rings (SSSR count). The van der Waals surface area contributed by atoms with Crippen LogP contribution in [-0.2, 0) is 0 Å². The third-order valence-electron chi connectivity index (χ3n) is 5.14. The van der Waals surface area contributed by atoms with Crippen LogP contribution in [0.5, 0.6) is 5.75 Å². The van der Waals surface area contributed by atoms with Crippen LogP contribution < -0.4 is 20.7 Å². The van der Waals surface area contributed by atoms with Crippen molar-refractivity contribution in [1.82, 2.24) is 15.0 Å². The highest BCUT2D eigenvalue weighted by molar-refractivity contribution is 5.99. The first-order valence-electron chi connectivity index (χ1n) is 10.9. The molecule has 0 spiro atoms. The molecule has 0 bridgehead atoms. The van der Waals surface area contributed by atoms with Crippen LogP contribution in [0.1, 0.15) is 5.82 Å². The molecule has 0 aliphatic heterocycles. The minimum Gasteiger partial charge on any atom is -0.497 e. The van der Waals surface area contributed by atoms with E-state index in [0.717, 1.165) is 17.0 Å². The van der Waals surface area contributed by atoms with Gasteiger partial charge in [0.05, 0.1) is 7.11 Å². The van der Waals surface area contributed by atoms with E-state index >= 15 is 0 Å². The molecule has 0 unspecified atom stereocenters. The third kappa shape index (κ3) is 5.03. The lowest BCUT2D eigenvalue weighted by molar-refractivity contribution is 0.262. The number of amides is 2. The average molecular weight is 467 g/mol. The van der Waals surface area contributed by atoms with Gasteiger partial charge >= 0.3 is 6.03 Å². The molecule has 2 aromatic heterocycles. The Morgan fingerprint density at radius 2 is 1.46 bits per heavy atom. The summed E-state index contributed by atoms with van der Waals surface area (Å²) in [6.07, 6.45) is 0. The van der Waals surface area contributed by atoms with Gasteiger partial charge in [-0.25, -0.2) is 14.8 Å². The lowest BCUT2D eigenvalue weighted by atomic mass is 10.2. The van der Waals surface area contributed by atoms with Crippen LogP contribution in [0.3, 0.4) is 0 Å². The van der Waals surface area contributed by atoms with Crippen LogP contribution in [0.2, 0.25) is 0 Å². The van der Waals surface area contributed by atoms with E-state index in [1.165, 1.54) is 0 Å². The van der Waals surface area contributed by atoms with Crippen molar-refractivity contribution in [1.29, 1.82) is 0 Å². The smallest absolute Gasteiger partial charge is 0.323 e. The van der Waals surface area contributed by atoms with Gasteiger partial charge in [-0.05, 0) is 67.6 Å². The predicted molar refractivity (Wildman–Crippen MR) is 135 cm³/mol. The topological polar surface area (TPSA) is 114 Å². The minimum atomic E-state index is -0.321. The van der Waals surface area contributed by atoms with Gasteiger partial charge in [0, 0.05) is 22.6 Å². The summed E-state index contributed by atoms with van der Waals surface area (Å²) in [6, 6.07) is 23.6. The summed E-state index contributed by atoms with van der Waals surface area (Å²) in [5.74, 6) is 2.26. The number of carbonyl (C=O) groups is 1. The summed E-state index contributed by atoms with van der Waals surface area (Å²) in [6.45, 7) is 1.79. The second kappa shape index (κ2) is 9.52. The fourth-order valence-corrected chi connectivity index (χ4v) is 3.46. The van der Waals surface area contributed by atoms with Gasteiger partial charge in [0.1, 0.15) is 11.6 Å². The van der Waals surface area contributed by atoms with E-state index < -0.39 is 0 Å². The molecule has 0 aliphatic carbocycles. The van der Waals surface area contributed by atoms with Crippen molar-refractivity contribution in [2.24, 2.45) is 0 Å². The Bertz CT molecular complexity index is 1470. The van der Waals surface area contributed by atoms with E-state index in [1.54, 1.807) is 26.2 Å². The molecule has 0 aliphatic rings. The lowest BCUT2D eigenvalue weighted by Gasteiger charge is -2.09. The first-order chi connectivity index (χ1) is 17.1. The minimum absolute atomic E-state index is 0.321. The fraction of sp³-hybridized carbons (Fsp3) is 0.0769. The zero-order valence-electron chi connectivity index (χ0n) is 19.1. The van der Waals surface area contributed by atoms with Crippen LogP contribution >= 0.6 is 0 Å². The van der Waals surface area contributed by atoms with Gasteiger partial charge in [-0.15, -0.1) is 0 Å². The molecule has 3 N–H and O–H groups in total. The standard InChI is InChI=1S/C26H22N6O3/c1-16-27-23(22-25(28-16)35-24(32-22)17-8-14-21(34-2)15-9-17)29-19-10-12-20(13-11-19)31-26(33)30-18-6-4-3-5-7-18/h3-15H,1-2H3,(H,27,28,29)(H2,30,31,33). The Kier molecular flexibility index (Phi) is 5.96. The average Bonchev–Trinajstić information content (AvgIpc) is 3.30. The first-order valence-corrected chi connectivity index (χ1v) is 10.9. The van der Waals surface area contributed by atoms with Gasteiger partial charge < -0.3 is 25.1 Å². The molecule has 0 atom stereocenters. The third-order valence-corrected chi connectivity index (χ3v) is 5.14. The van der Waals surface area contributed by atoms with Gasteiger partial charge in [-0.1, -0.05) is 18.2 Å². The summed E-state index contributed by atoms with van der Waals surface area (Å²) >= 11 is 0. The number of rotatable bonds is 6. The molecule has 35 heavy (non-hydrogen) atoms. The number of methoxy groups -OCH3 is 1. The Labute approximate surface area is 201 Å². The van der Waals surface area contributed by atoms with E-state index in [-0.39, 0.29) is 6.03 Å². The molecular formula is C26H22N6O3. The summed E-state index contributed by atoms with van der Waals surface area (Å²) in [4.78, 5) is 25.7. The van der Waals surface area contributed by atoms with E-state index in [2.05, 4.69) is 30.9 Å². The lowest BCUT2D eigenvalue weighted by Crippen LogP contribution is -2.19. The SMILES string of the molecule is COc1ccc(-c2nc3c(Nc4ccc(NC(=O)Nc5ccccc5)cc4)nc(C)nc3o2)cc1. The summed E-state index contributed by atoms with van der Waals surface area (Å²) in [5.41, 5.74) is 3.85. The molecule has 3 aromatic carbocycles. The van der Waals surface area contributed by atoms with Crippen molar-refractivity contribution in [3.63, 3.8) is 0 Å². The Morgan fingerprint density at radius 1 is 0.800 bits per heavy atom. The molecule has 0 saturated heterocycles. The molecule has 0 saturated carbocycles. The van der Waals surface area contributed by atoms with Crippen molar-refractivity contribution >= 4 is 40.1 Å². The van der Waals surface area contributed by atoms with Crippen LogP contribution in [0.25, 0.3) is 22.7 Å². The maximum atomic E-state index is 12.2. The second-order valence-electron chi connectivity index (χ2n) is 7.67. The number of anilines is 4. The molecule has 2 heterocycles. The van der Waals surface area contributed by atoms with Crippen molar-refractivity contribution in [3.05, 3.63) is 84.7 Å². The van der Waals surface area contributed by atoms with Gasteiger partial charge in [0.25, 0.3) is 5.71 Å². The van der Waals surface area contributed by atoms with Crippen LogP contribution in [-0.4, -0.2) is 28.1 Å². The number of para-hydroxylation sites is 1. The summed E-state index contributed by atoms with van der Waals surface area (Å²) in [5, 5.41) is 8.86. The maximum Gasteiger partial charge on any atom is 0.323 e. The van der Waals surface area contributed by atoms with Crippen molar-refractivity contribution < 1.29 is 13.9 Å². The van der Waals surface area contributed by atoms with Crippen molar-refractivity contribution in [2.75, 3.05) is 23.1 Å². The Balaban J connectivity index is 1.33. The number of aromatic nitrogens is 3. The summed E-state index contributed by atoms with van der Waals surface area (Å²) in [7, 11) is 1.62. The zero-order valence-corrected chi connectivity index (χ0v) is 19.1. The maximum absolute atomic E-state index is 12.2. The molecule has 2 amide bonds. The molecule has 5 aromatic rings. The van der Waals surface area contributed by atoms with Crippen LogP contribution in [0.4, 0.5) is 27.7 Å². The number of hydrogen-bond acceptors (Lipinski definition) is 7. The number of oxazole rings is 1. The highest BCUT2D eigenvalue weighted by Gasteiger charge is 2.16. The van der Waals surface area contributed by atoms with Gasteiger partial charge in [-0.2, -0.15) is 4.98 Å². The number of carbonyl (C=O) groups excluding carboxylic acids is 1. The quantitative estimate of drug-likeness (QED) is 0.282. The first kappa shape index (κ1) is 21.9. The number of urea groups is 1. The number of fused-ring (bicyclic) bond motifs is 1. The van der Waals surface area contributed by atoms with Crippen LogP contribution in [0.15, 0.2) is 83.3 Å². The number of ether oxygens (including phenoxy) is 1. The molecule has 9 nitrogen and oxygen atoms in total. The molecule has 9 heteroatoms. The predicted octanol–water partition coefficient (Wildman–Crippen LogP) is 5.99. The van der Waals surface area contributed by atoms with Crippen molar-refractivity contribution in [2.45, 2.75) is 6.92 Å². The monoisotopic (exact) mass is 466 g/mol. The number of nitrogens with zero attached hydrogens (tertiary/aromatic N) is 3. The number of hydrogen-bond donors (Lipinski definition) is 3. The van der Waals surface area contributed by atoms with E-state index in [4.69, 9.17) is 9.15 Å². The molecule has 0 fully saturated rings. The number of aryl methyl sites for hydroxylation is 1. The highest BCUT2D eigenvalue weighted by atomic mass is 16.5. The van der Waals surface area contributed by atoms with Gasteiger partial charge in [-0.3, -0.25) is 0 Å². The molecular weight excluding hydrogens is 444 g/mol. The van der Waals surface area contributed by atoms with E-state index in [1.807, 2.05) is 66.7 Å². The fourth-order valence-electron chi connectivity index (χ4n) is 3.46. The van der Waals surface area contributed by atoms with Crippen molar-refractivity contribution in [3.8, 4) is 17.2 Å². The van der Waals surface area contributed by atoms with Crippen LogP contribution in [0, 0.1) is 6.92 Å². The van der Waals surface area contributed by atoms with Gasteiger partial charge in [0.15, 0.2) is 11.3 Å². The number of benzene rings is 3. The zero-order chi connectivity index (χ0) is 24.2. The second-order valence-corrected chi connectivity index (χ2v) is 7.67. The number of nitrogens with one attached hydrogen (secondary N) is 3. The molecule has 174 valence electrons. The molecule has 0 radical (unpaired) electrons. The van der Waals surface area contributed by atoms with E-state index in [9.17, 15) is 4.79 Å². The highest BCUT2D eigenvalue weighted by Crippen LogP contribution is 2.29. The summed E-state index contributed by atoms with van der Waals surface area (Å²) < 4.78 is 11.1. The normalized spacial score (nSPS) is 10.7. The van der Waals surface area contributed by atoms with Gasteiger partial charge in [0.2, 0.25) is 5.89 Å². The van der Waals surface area contributed by atoms with E-state index in [0.29, 0.717) is 40.1 Å².